The molecular formula is C19H18BrCl3N2O3. The summed E-state index contributed by atoms with van der Waals surface area (Å²) >= 11 is 21.3. The van der Waals surface area contributed by atoms with Crippen LogP contribution in [-0.4, -0.2) is 36.4 Å². The predicted octanol–water partition coefficient (Wildman–Crippen LogP) is 4.95. The van der Waals surface area contributed by atoms with Gasteiger partial charge in [-0.2, -0.15) is 0 Å². The van der Waals surface area contributed by atoms with Gasteiger partial charge in [-0.15, -0.1) is 0 Å². The van der Waals surface area contributed by atoms with E-state index in [1.54, 1.807) is 43.3 Å². The summed E-state index contributed by atoms with van der Waals surface area (Å²) in [7, 11) is 1.52. The lowest BCUT2D eigenvalue weighted by molar-refractivity contribution is -0.142. The van der Waals surface area contributed by atoms with Crippen molar-refractivity contribution in [1.29, 1.82) is 0 Å². The van der Waals surface area contributed by atoms with E-state index in [0.29, 0.717) is 25.3 Å². The van der Waals surface area contributed by atoms with Crippen molar-refractivity contribution in [2.75, 3.05) is 13.7 Å². The van der Waals surface area contributed by atoms with E-state index in [1.165, 1.54) is 11.9 Å². The summed E-state index contributed by atoms with van der Waals surface area (Å²) in [6, 6.07) is 9.34. The molecule has 0 saturated heterocycles. The normalized spacial score (nSPS) is 11.6. The fourth-order valence-electron chi connectivity index (χ4n) is 2.44. The third-order valence-electron chi connectivity index (χ3n) is 4.00. The maximum absolute atomic E-state index is 12.8. The summed E-state index contributed by atoms with van der Waals surface area (Å²) in [5.74, 6) is -0.176. The first kappa shape index (κ1) is 22.8. The third-order valence-corrected chi connectivity index (χ3v) is 5.59. The standard InChI is InChI=1S/C19H18BrCl3N2O3/c1-11(19(27)24-2)25(9-12-3-5-15(22)16(23)7-12)18(26)10-28-17-6-4-13(21)8-14(17)20/h3-8,11H,9-10H2,1-2H3,(H,24,27)/t11-/m1/s1. The molecule has 0 fully saturated rings. The molecule has 28 heavy (non-hydrogen) atoms. The van der Waals surface area contributed by atoms with Gasteiger partial charge >= 0.3 is 0 Å². The maximum Gasteiger partial charge on any atom is 0.261 e. The van der Waals surface area contributed by atoms with Gasteiger partial charge < -0.3 is 15.0 Å². The molecule has 1 atom stereocenters. The SMILES string of the molecule is CNC(=O)[C@@H](C)N(Cc1ccc(Cl)c(Cl)c1)C(=O)COc1ccc(Cl)cc1Br. The molecule has 1 N–H and O–H groups in total. The summed E-state index contributed by atoms with van der Waals surface area (Å²) in [6.45, 7) is 1.57. The van der Waals surface area contributed by atoms with E-state index >= 15 is 0 Å². The summed E-state index contributed by atoms with van der Waals surface area (Å²) in [6.07, 6.45) is 0. The minimum Gasteiger partial charge on any atom is -0.483 e. The van der Waals surface area contributed by atoms with Gasteiger partial charge in [-0.1, -0.05) is 40.9 Å². The number of halogens is 4. The second-order valence-corrected chi connectivity index (χ2v) is 8.03. The molecule has 150 valence electrons. The van der Waals surface area contributed by atoms with Crippen LogP contribution in [0.5, 0.6) is 5.75 Å². The van der Waals surface area contributed by atoms with Crippen molar-refractivity contribution in [2.24, 2.45) is 0 Å². The highest BCUT2D eigenvalue weighted by molar-refractivity contribution is 9.10. The van der Waals surface area contributed by atoms with Crippen molar-refractivity contribution in [3.63, 3.8) is 0 Å². The molecule has 0 aliphatic rings. The lowest BCUT2D eigenvalue weighted by atomic mass is 10.1. The minimum atomic E-state index is -0.704. The second kappa shape index (κ2) is 10.3. The Labute approximate surface area is 187 Å². The fraction of sp³-hybridized carbons (Fsp3) is 0.263. The lowest BCUT2D eigenvalue weighted by Crippen LogP contribution is -2.48. The van der Waals surface area contributed by atoms with Crippen LogP contribution in [0.1, 0.15) is 12.5 Å². The van der Waals surface area contributed by atoms with Crippen molar-refractivity contribution in [2.45, 2.75) is 19.5 Å². The van der Waals surface area contributed by atoms with E-state index in [0.717, 1.165) is 5.56 Å². The topological polar surface area (TPSA) is 58.6 Å². The largest absolute Gasteiger partial charge is 0.483 e. The average Bonchev–Trinajstić information content (AvgIpc) is 2.66. The number of carbonyl (C=O) groups is 2. The lowest BCUT2D eigenvalue weighted by Gasteiger charge is -2.28. The molecule has 5 nitrogen and oxygen atoms in total. The molecule has 0 bridgehead atoms. The monoisotopic (exact) mass is 506 g/mol. The van der Waals surface area contributed by atoms with Crippen molar-refractivity contribution in [1.82, 2.24) is 10.2 Å². The number of nitrogens with zero attached hydrogens (tertiary/aromatic N) is 1. The maximum atomic E-state index is 12.8. The van der Waals surface area contributed by atoms with Gasteiger partial charge in [0.1, 0.15) is 11.8 Å². The molecule has 0 saturated carbocycles. The van der Waals surface area contributed by atoms with Gasteiger partial charge in [0.2, 0.25) is 5.91 Å². The van der Waals surface area contributed by atoms with Crippen LogP contribution >= 0.6 is 50.7 Å². The molecule has 2 aromatic rings. The zero-order chi connectivity index (χ0) is 20.8. The summed E-state index contributed by atoms with van der Waals surface area (Å²) < 4.78 is 6.23. The Morgan fingerprint density at radius 1 is 1.14 bits per heavy atom. The molecule has 0 radical (unpaired) electrons. The first-order valence-corrected chi connectivity index (χ1v) is 10.2. The molecule has 2 amide bonds. The van der Waals surface area contributed by atoms with Crippen LogP contribution < -0.4 is 10.1 Å². The quantitative estimate of drug-likeness (QED) is 0.576. The van der Waals surface area contributed by atoms with E-state index < -0.39 is 6.04 Å². The van der Waals surface area contributed by atoms with Gasteiger partial charge in [0.05, 0.1) is 14.5 Å². The molecule has 0 aromatic heterocycles. The number of benzene rings is 2. The van der Waals surface area contributed by atoms with Crippen LogP contribution in [0, 0.1) is 0 Å². The number of carbonyl (C=O) groups excluding carboxylic acids is 2. The molecule has 2 rings (SSSR count). The first-order valence-electron chi connectivity index (χ1n) is 8.25. The summed E-state index contributed by atoms with van der Waals surface area (Å²) in [5, 5.41) is 3.89. The van der Waals surface area contributed by atoms with Crippen LogP contribution in [0.15, 0.2) is 40.9 Å². The summed E-state index contributed by atoms with van der Waals surface area (Å²) in [5.41, 5.74) is 0.742. The van der Waals surface area contributed by atoms with Crippen LogP contribution in [-0.2, 0) is 16.1 Å². The van der Waals surface area contributed by atoms with Gasteiger partial charge in [-0.05, 0) is 58.7 Å². The molecule has 0 spiro atoms. The molecular weight excluding hydrogens is 490 g/mol. The van der Waals surface area contributed by atoms with E-state index in [2.05, 4.69) is 21.2 Å². The van der Waals surface area contributed by atoms with Gasteiger partial charge in [-0.25, -0.2) is 0 Å². The zero-order valence-electron chi connectivity index (χ0n) is 15.1. The molecule has 0 aliphatic heterocycles. The van der Waals surface area contributed by atoms with Crippen molar-refractivity contribution in [3.05, 3.63) is 61.5 Å². The van der Waals surface area contributed by atoms with Crippen LogP contribution in [0.4, 0.5) is 0 Å². The Bertz CT molecular complexity index is 879. The molecule has 0 aliphatic carbocycles. The second-order valence-electron chi connectivity index (χ2n) is 5.92. The molecule has 9 heteroatoms. The zero-order valence-corrected chi connectivity index (χ0v) is 19.0. The minimum absolute atomic E-state index is 0.176. The number of likely N-dealkylation sites (N-methyl/N-ethyl adjacent to an activating group) is 1. The van der Waals surface area contributed by atoms with Crippen molar-refractivity contribution >= 4 is 62.5 Å². The highest BCUT2D eigenvalue weighted by Gasteiger charge is 2.26. The van der Waals surface area contributed by atoms with Crippen molar-refractivity contribution < 1.29 is 14.3 Å². The molecule has 2 aromatic carbocycles. The predicted molar refractivity (Wildman–Crippen MR) is 115 cm³/mol. The Morgan fingerprint density at radius 2 is 1.86 bits per heavy atom. The van der Waals surface area contributed by atoms with Gasteiger partial charge in [0.15, 0.2) is 6.61 Å². The first-order chi connectivity index (χ1) is 13.2. The average molecular weight is 509 g/mol. The number of hydrogen-bond donors (Lipinski definition) is 1. The fourth-order valence-corrected chi connectivity index (χ4v) is 3.56. The van der Waals surface area contributed by atoms with Crippen molar-refractivity contribution in [3.8, 4) is 5.75 Å². The smallest absolute Gasteiger partial charge is 0.261 e. The third kappa shape index (κ3) is 6.01. The number of hydrogen-bond acceptors (Lipinski definition) is 3. The van der Waals surface area contributed by atoms with Crippen LogP contribution in [0.25, 0.3) is 0 Å². The Kier molecular flexibility index (Phi) is 8.43. The summed E-state index contributed by atoms with van der Waals surface area (Å²) in [4.78, 5) is 26.4. The number of rotatable bonds is 7. The Morgan fingerprint density at radius 3 is 2.46 bits per heavy atom. The number of amides is 2. The van der Waals surface area contributed by atoms with Gasteiger partial charge in [-0.3, -0.25) is 9.59 Å². The highest BCUT2D eigenvalue weighted by atomic mass is 79.9. The van der Waals surface area contributed by atoms with E-state index in [4.69, 9.17) is 39.5 Å². The van der Waals surface area contributed by atoms with Gasteiger partial charge in [0.25, 0.3) is 5.91 Å². The van der Waals surface area contributed by atoms with E-state index in [1.807, 2.05) is 0 Å². The highest BCUT2D eigenvalue weighted by Crippen LogP contribution is 2.28. The molecule has 0 heterocycles. The van der Waals surface area contributed by atoms with E-state index in [-0.39, 0.29) is 25.0 Å². The Hall–Kier alpha value is -1.47. The van der Waals surface area contributed by atoms with E-state index in [9.17, 15) is 9.59 Å². The van der Waals surface area contributed by atoms with Gasteiger partial charge in [0, 0.05) is 18.6 Å². The van der Waals surface area contributed by atoms with Crippen LogP contribution in [0.3, 0.4) is 0 Å². The number of ether oxygens (including phenoxy) is 1. The molecule has 0 unspecified atom stereocenters. The Balaban J connectivity index is 2.18. The number of nitrogens with one attached hydrogen (secondary N) is 1. The van der Waals surface area contributed by atoms with Crippen LogP contribution in [0.2, 0.25) is 15.1 Å².